The maximum absolute atomic E-state index is 12.0. The van der Waals surface area contributed by atoms with Crippen LogP contribution in [0.2, 0.25) is 0 Å². The first-order valence-electron chi connectivity index (χ1n) is 10.0. The molecule has 0 atom stereocenters. The average Bonchev–Trinajstić information content (AvgIpc) is 2.82. The fraction of sp³-hybridized carbons (Fsp3) is 0.0357. The molecule has 0 bridgehead atoms. The summed E-state index contributed by atoms with van der Waals surface area (Å²) in [6.45, 7) is 0. The number of methoxy groups -OCH3 is 1. The number of fused-ring (bicyclic) bond motifs is 9. The summed E-state index contributed by atoms with van der Waals surface area (Å²) in [5.41, 5.74) is 0.569. The maximum Gasteiger partial charge on any atom is 0.337 e. The number of hydrogen-bond acceptors (Lipinski definition) is 2. The molecule has 2 heteroatoms. The van der Waals surface area contributed by atoms with Crippen molar-refractivity contribution in [3.63, 3.8) is 0 Å². The third-order valence-corrected chi connectivity index (χ3v) is 6.11. The number of hydrogen-bond donors (Lipinski definition) is 0. The van der Waals surface area contributed by atoms with E-state index in [1.165, 1.54) is 50.2 Å². The zero-order chi connectivity index (χ0) is 20.2. The lowest BCUT2D eigenvalue weighted by molar-refractivity contribution is 0.0601. The highest BCUT2D eigenvalue weighted by Crippen LogP contribution is 2.39. The Hall–Kier alpha value is -3.91. The zero-order valence-electron chi connectivity index (χ0n) is 16.5. The van der Waals surface area contributed by atoms with Gasteiger partial charge in [-0.15, -0.1) is 0 Å². The van der Waals surface area contributed by atoms with E-state index >= 15 is 0 Å². The summed E-state index contributed by atoms with van der Waals surface area (Å²) in [4.78, 5) is 12.0. The number of carbonyl (C=O) groups excluding carboxylic acids is 1. The minimum Gasteiger partial charge on any atom is -0.465 e. The van der Waals surface area contributed by atoms with Gasteiger partial charge in [-0.2, -0.15) is 0 Å². The van der Waals surface area contributed by atoms with Gasteiger partial charge < -0.3 is 4.74 Å². The van der Waals surface area contributed by atoms with E-state index in [4.69, 9.17) is 4.74 Å². The Balaban J connectivity index is 1.87. The highest BCUT2D eigenvalue weighted by Gasteiger charge is 2.13. The monoisotopic (exact) mass is 386 g/mol. The molecule has 0 fully saturated rings. The Morgan fingerprint density at radius 3 is 1.77 bits per heavy atom. The molecule has 0 unspecified atom stereocenters. The van der Waals surface area contributed by atoms with Gasteiger partial charge in [0.05, 0.1) is 12.7 Å². The fourth-order valence-electron chi connectivity index (χ4n) is 4.71. The van der Waals surface area contributed by atoms with Crippen molar-refractivity contribution in [3.05, 3.63) is 96.6 Å². The SMILES string of the molecule is COC(=O)c1ccc2c(ccc3ccc4ccc5ccc6ccccc6c5c4c32)c1. The molecule has 0 saturated carbocycles. The molecule has 0 heterocycles. The molecule has 6 rings (SSSR count). The van der Waals surface area contributed by atoms with E-state index in [-0.39, 0.29) is 5.97 Å². The third kappa shape index (κ3) is 2.34. The third-order valence-electron chi connectivity index (χ3n) is 6.11. The topological polar surface area (TPSA) is 26.3 Å². The van der Waals surface area contributed by atoms with Crippen LogP contribution in [0.5, 0.6) is 0 Å². The molecule has 142 valence electrons. The second-order valence-electron chi connectivity index (χ2n) is 7.71. The Labute approximate surface area is 173 Å². The average molecular weight is 386 g/mol. The first kappa shape index (κ1) is 17.0. The summed E-state index contributed by atoms with van der Waals surface area (Å²) in [7, 11) is 1.41. The fourth-order valence-corrected chi connectivity index (χ4v) is 4.71. The second-order valence-corrected chi connectivity index (χ2v) is 7.71. The van der Waals surface area contributed by atoms with Crippen molar-refractivity contribution in [2.75, 3.05) is 7.11 Å². The van der Waals surface area contributed by atoms with Gasteiger partial charge in [-0.25, -0.2) is 4.79 Å². The van der Waals surface area contributed by atoms with Crippen LogP contribution >= 0.6 is 0 Å². The van der Waals surface area contributed by atoms with E-state index in [1.54, 1.807) is 0 Å². The van der Waals surface area contributed by atoms with E-state index in [0.717, 1.165) is 10.8 Å². The van der Waals surface area contributed by atoms with Crippen molar-refractivity contribution < 1.29 is 9.53 Å². The van der Waals surface area contributed by atoms with Crippen LogP contribution in [0, 0.1) is 0 Å². The summed E-state index contributed by atoms with van der Waals surface area (Å²) in [5, 5.41) is 12.1. The summed E-state index contributed by atoms with van der Waals surface area (Å²) in [6.07, 6.45) is 0. The van der Waals surface area contributed by atoms with Gasteiger partial charge in [0.15, 0.2) is 0 Å². The summed E-state index contributed by atoms with van der Waals surface area (Å²) >= 11 is 0. The number of benzene rings is 6. The molecule has 0 amide bonds. The Kier molecular flexibility index (Phi) is 3.57. The zero-order valence-corrected chi connectivity index (χ0v) is 16.5. The first-order chi connectivity index (χ1) is 14.7. The van der Waals surface area contributed by atoms with E-state index in [1.807, 2.05) is 18.2 Å². The minimum absolute atomic E-state index is 0.314. The standard InChI is InChI=1S/C28H18O2/c1-30-28(29)22-14-15-24-21(16-22)13-12-19-9-11-20-10-8-18-7-6-17-4-2-3-5-23(17)25(18)27(20)26(19)24/h2-16H,1H3. The molecule has 0 N–H and O–H groups in total. The van der Waals surface area contributed by atoms with Gasteiger partial charge in [0.1, 0.15) is 0 Å². The molecule has 0 aromatic heterocycles. The van der Waals surface area contributed by atoms with Gasteiger partial charge in [0, 0.05) is 0 Å². The molecule has 2 nitrogen and oxygen atoms in total. The molecule has 30 heavy (non-hydrogen) atoms. The van der Waals surface area contributed by atoms with Crippen LogP contribution < -0.4 is 0 Å². The van der Waals surface area contributed by atoms with Gasteiger partial charge in [-0.05, 0) is 66.0 Å². The molecular formula is C28H18O2. The van der Waals surface area contributed by atoms with Crippen LogP contribution in [0.4, 0.5) is 0 Å². The lowest BCUT2D eigenvalue weighted by Gasteiger charge is -2.13. The normalized spacial score (nSPS) is 11.6. The molecule has 0 aliphatic carbocycles. The van der Waals surface area contributed by atoms with E-state index in [2.05, 4.69) is 72.8 Å². The van der Waals surface area contributed by atoms with Crippen LogP contribution in [0.25, 0.3) is 53.9 Å². The van der Waals surface area contributed by atoms with Crippen LogP contribution in [0.15, 0.2) is 91.0 Å². The molecule has 0 saturated heterocycles. The van der Waals surface area contributed by atoms with E-state index in [9.17, 15) is 4.79 Å². The van der Waals surface area contributed by atoms with Crippen molar-refractivity contribution in [2.24, 2.45) is 0 Å². The highest BCUT2D eigenvalue weighted by molar-refractivity contribution is 6.32. The smallest absolute Gasteiger partial charge is 0.337 e. The van der Waals surface area contributed by atoms with Gasteiger partial charge in [0.25, 0.3) is 0 Å². The summed E-state index contributed by atoms with van der Waals surface area (Å²) < 4.78 is 4.91. The van der Waals surface area contributed by atoms with Crippen LogP contribution in [-0.2, 0) is 4.74 Å². The largest absolute Gasteiger partial charge is 0.465 e. The number of carbonyl (C=O) groups is 1. The number of ether oxygens (including phenoxy) is 1. The molecule has 0 aliphatic rings. The predicted octanol–water partition coefficient (Wildman–Crippen LogP) is 7.24. The summed E-state index contributed by atoms with van der Waals surface area (Å²) in [6, 6.07) is 31.8. The van der Waals surface area contributed by atoms with Crippen LogP contribution in [-0.4, -0.2) is 13.1 Å². The minimum atomic E-state index is -0.314. The second kappa shape index (κ2) is 6.30. The Bertz CT molecular complexity index is 1630. The lowest BCUT2D eigenvalue weighted by Crippen LogP contribution is -2.00. The van der Waals surface area contributed by atoms with Gasteiger partial charge in [0.2, 0.25) is 0 Å². The van der Waals surface area contributed by atoms with Crippen molar-refractivity contribution >= 4 is 59.8 Å². The maximum atomic E-state index is 12.0. The van der Waals surface area contributed by atoms with Crippen molar-refractivity contribution in [3.8, 4) is 0 Å². The van der Waals surface area contributed by atoms with E-state index < -0.39 is 0 Å². The Morgan fingerprint density at radius 2 is 1.10 bits per heavy atom. The van der Waals surface area contributed by atoms with Crippen molar-refractivity contribution in [1.29, 1.82) is 0 Å². The summed E-state index contributed by atoms with van der Waals surface area (Å²) in [5.74, 6) is -0.314. The van der Waals surface area contributed by atoms with Gasteiger partial charge in [-0.1, -0.05) is 78.9 Å². The number of esters is 1. The van der Waals surface area contributed by atoms with Crippen LogP contribution in [0.3, 0.4) is 0 Å². The molecule has 0 radical (unpaired) electrons. The first-order valence-corrected chi connectivity index (χ1v) is 10.0. The van der Waals surface area contributed by atoms with Gasteiger partial charge in [-0.3, -0.25) is 0 Å². The number of rotatable bonds is 1. The van der Waals surface area contributed by atoms with Crippen molar-refractivity contribution in [2.45, 2.75) is 0 Å². The Morgan fingerprint density at radius 1 is 0.567 bits per heavy atom. The molecular weight excluding hydrogens is 368 g/mol. The van der Waals surface area contributed by atoms with Crippen LogP contribution in [0.1, 0.15) is 10.4 Å². The highest BCUT2D eigenvalue weighted by atomic mass is 16.5. The quantitative estimate of drug-likeness (QED) is 0.220. The molecule has 6 aromatic carbocycles. The molecule has 0 spiro atoms. The lowest BCUT2D eigenvalue weighted by atomic mass is 9.90. The van der Waals surface area contributed by atoms with Gasteiger partial charge >= 0.3 is 5.97 Å². The molecule has 6 aromatic rings. The van der Waals surface area contributed by atoms with E-state index in [0.29, 0.717) is 5.56 Å². The predicted molar refractivity (Wildman–Crippen MR) is 125 cm³/mol. The molecule has 0 aliphatic heterocycles. The van der Waals surface area contributed by atoms with Crippen molar-refractivity contribution in [1.82, 2.24) is 0 Å².